The van der Waals surface area contributed by atoms with Crippen molar-refractivity contribution in [3.05, 3.63) is 75.4 Å². The number of hydrogen-bond donors (Lipinski definition) is 0. The second-order valence-electron chi connectivity index (χ2n) is 7.57. The van der Waals surface area contributed by atoms with E-state index >= 15 is 0 Å². The number of halogens is 1. The second-order valence-corrected chi connectivity index (χ2v) is 9.57. The topological polar surface area (TPSA) is 38.2 Å². The molecule has 0 spiro atoms. The Morgan fingerprint density at radius 3 is 2.83 bits per heavy atom. The average molecular weight is 440 g/mol. The van der Waals surface area contributed by atoms with Crippen LogP contribution in [0.3, 0.4) is 0 Å². The van der Waals surface area contributed by atoms with Gasteiger partial charge in [0, 0.05) is 24.4 Å². The van der Waals surface area contributed by atoms with Crippen molar-refractivity contribution >= 4 is 32.9 Å². The number of thiazole rings is 2. The number of piperidine rings is 1. The zero-order valence-corrected chi connectivity index (χ0v) is 18.1. The number of ether oxygens (including phenoxy) is 1. The van der Waals surface area contributed by atoms with Crippen molar-refractivity contribution in [2.75, 3.05) is 13.1 Å². The fourth-order valence-corrected chi connectivity index (χ4v) is 5.65. The van der Waals surface area contributed by atoms with Gasteiger partial charge in [0.25, 0.3) is 0 Å². The SMILES string of the molecule is Fc1ccc(OCc2nc(CN3CCC[C@H](c4nc5ccccc5s4)C3)cs2)cc1. The van der Waals surface area contributed by atoms with Crippen LogP contribution in [0, 0.1) is 5.82 Å². The summed E-state index contributed by atoms with van der Waals surface area (Å²) in [6.07, 6.45) is 2.38. The summed E-state index contributed by atoms with van der Waals surface area (Å²) in [4.78, 5) is 12.1. The Morgan fingerprint density at radius 1 is 1.10 bits per heavy atom. The van der Waals surface area contributed by atoms with E-state index in [4.69, 9.17) is 14.7 Å². The van der Waals surface area contributed by atoms with Gasteiger partial charge in [-0.05, 0) is 55.8 Å². The number of rotatable bonds is 6. The number of hydrogen-bond acceptors (Lipinski definition) is 6. The van der Waals surface area contributed by atoms with Gasteiger partial charge < -0.3 is 4.74 Å². The molecule has 30 heavy (non-hydrogen) atoms. The molecule has 2 aromatic heterocycles. The maximum Gasteiger partial charge on any atom is 0.140 e. The van der Waals surface area contributed by atoms with E-state index in [2.05, 4.69) is 34.5 Å². The van der Waals surface area contributed by atoms with E-state index < -0.39 is 0 Å². The summed E-state index contributed by atoms with van der Waals surface area (Å²) in [5.74, 6) is 0.892. The third kappa shape index (κ3) is 4.53. The van der Waals surface area contributed by atoms with Crippen LogP contribution in [0.5, 0.6) is 5.75 Å². The van der Waals surface area contributed by atoms with Gasteiger partial charge in [-0.1, -0.05) is 12.1 Å². The molecule has 0 amide bonds. The van der Waals surface area contributed by atoms with Crippen LogP contribution in [0.2, 0.25) is 0 Å². The lowest BCUT2D eigenvalue weighted by Crippen LogP contribution is -2.33. The number of nitrogens with zero attached hydrogens (tertiary/aromatic N) is 3. The molecule has 1 aliphatic heterocycles. The number of para-hydroxylation sites is 1. The maximum absolute atomic E-state index is 13.0. The van der Waals surface area contributed by atoms with E-state index in [0.717, 1.165) is 35.9 Å². The highest BCUT2D eigenvalue weighted by Crippen LogP contribution is 2.33. The highest BCUT2D eigenvalue weighted by molar-refractivity contribution is 7.18. The van der Waals surface area contributed by atoms with Gasteiger partial charge in [-0.25, -0.2) is 14.4 Å². The van der Waals surface area contributed by atoms with Gasteiger partial charge in [-0.2, -0.15) is 0 Å². The molecule has 4 nitrogen and oxygen atoms in total. The summed E-state index contributed by atoms with van der Waals surface area (Å²) in [6.45, 7) is 3.39. The van der Waals surface area contributed by atoms with Crippen molar-refractivity contribution in [3.8, 4) is 5.75 Å². The molecule has 0 radical (unpaired) electrons. The minimum atomic E-state index is -0.260. The highest BCUT2D eigenvalue weighted by Gasteiger charge is 2.24. The first-order valence-electron chi connectivity index (χ1n) is 10.1. The summed E-state index contributed by atoms with van der Waals surface area (Å²) >= 11 is 3.44. The summed E-state index contributed by atoms with van der Waals surface area (Å²) in [6, 6.07) is 14.5. The lowest BCUT2D eigenvalue weighted by Gasteiger charge is -2.31. The van der Waals surface area contributed by atoms with Crippen LogP contribution in [0.25, 0.3) is 10.2 Å². The smallest absolute Gasteiger partial charge is 0.140 e. The van der Waals surface area contributed by atoms with Crippen LogP contribution in [0.1, 0.15) is 34.5 Å². The third-order valence-electron chi connectivity index (χ3n) is 5.33. The van der Waals surface area contributed by atoms with Crippen LogP contribution in [-0.4, -0.2) is 28.0 Å². The first-order valence-corrected chi connectivity index (χ1v) is 11.8. The fraction of sp³-hybridized carbons (Fsp3) is 0.304. The highest BCUT2D eigenvalue weighted by atomic mass is 32.1. The largest absolute Gasteiger partial charge is 0.486 e. The molecule has 2 aromatic carbocycles. The summed E-state index contributed by atoms with van der Waals surface area (Å²) < 4.78 is 20.0. The van der Waals surface area contributed by atoms with Gasteiger partial charge in [0.15, 0.2) is 0 Å². The molecule has 0 unspecified atom stereocenters. The zero-order chi connectivity index (χ0) is 20.3. The van der Waals surface area contributed by atoms with Crippen LogP contribution >= 0.6 is 22.7 Å². The van der Waals surface area contributed by atoms with Crippen molar-refractivity contribution in [1.29, 1.82) is 0 Å². The normalized spacial score (nSPS) is 17.4. The van der Waals surface area contributed by atoms with Crippen molar-refractivity contribution in [1.82, 2.24) is 14.9 Å². The molecule has 1 aliphatic rings. The summed E-state index contributed by atoms with van der Waals surface area (Å²) in [7, 11) is 0. The maximum atomic E-state index is 13.0. The Bertz CT molecular complexity index is 1090. The molecular weight excluding hydrogens is 417 g/mol. The van der Waals surface area contributed by atoms with E-state index in [1.165, 1.54) is 34.7 Å². The molecule has 1 atom stereocenters. The molecule has 3 heterocycles. The summed E-state index contributed by atoms with van der Waals surface area (Å²) in [5.41, 5.74) is 2.20. The predicted octanol–water partition coefficient (Wildman–Crippen LogP) is 5.85. The average Bonchev–Trinajstić information content (AvgIpc) is 3.40. The Morgan fingerprint density at radius 2 is 1.97 bits per heavy atom. The van der Waals surface area contributed by atoms with Crippen molar-refractivity contribution < 1.29 is 9.13 Å². The van der Waals surface area contributed by atoms with Gasteiger partial charge in [0.1, 0.15) is 23.2 Å². The molecule has 0 N–H and O–H groups in total. The molecule has 1 saturated heterocycles. The number of aromatic nitrogens is 2. The summed E-state index contributed by atoms with van der Waals surface area (Å²) in [5, 5.41) is 4.31. The number of benzene rings is 2. The first-order chi connectivity index (χ1) is 14.7. The van der Waals surface area contributed by atoms with E-state index in [-0.39, 0.29) is 5.82 Å². The molecule has 5 rings (SSSR count). The van der Waals surface area contributed by atoms with Crippen LogP contribution in [-0.2, 0) is 13.2 Å². The Kier molecular flexibility index (Phi) is 5.75. The van der Waals surface area contributed by atoms with Gasteiger partial charge in [-0.3, -0.25) is 4.90 Å². The van der Waals surface area contributed by atoms with E-state index in [1.807, 2.05) is 11.3 Å². The molecular formula is C23H22FN3OS2. The number of fused-ring (bicyclic) bond motifs is 1. The Labute approximate surface area is 183 Å². The Balaban J connectivity index is 1.19. The third-order valence-corrected chi connectivity index (χ3v) is 7.40. The van der Waals surface area contributed by atoms with Crippen LogP contribution < -0.4 is 4.74 Å². The zero-order valence-electron chi connectivity index (χ0n) is 16.5. The van der Waals surface area contributed by atoms with E-state index in [9.17, 15) is 4.39 Å². The molecule has 7 heteroatoms. The van der Waals surface area contributed by atoms with Crippen molar-refractivity contribution in [2.24, 2.45) is 0 Å². The minimum absolute atomic E-state index is 0.260. The van der Waals surface area contributed by atoms with Crippen LogP contribution in [0.15, 0.2) is 53.9 Å². The van der Waals surface area contributed by atoms with E-state index in [0.29, 0.717) is 18.3 Å². The monoisotopic (exact) mass is 439 g/mol. The minimum Gasteiger partial charge on any atom is -0.486 e. The molecule has 0 saturated carbocycles. The van der Waals surface area contributed by atoms with E-state index in [1.54, 1.807) is 23.5 Å². The predicted molar refractivity (Wildman–Crippen MR) is 120 cm³/mol. The van der Waals surface area contributed by atoms with Crippen molar-refractivity contribution in [2.45, 2.75) is 31.9 Å². The quantitative estimate of drug-likeness (QED) is 0.378. The molecule has 1 fully saturated rings. The Hall–Kier alpha value is -2.35. The molecule has 4 aromatic rings. The van der Waals surface area contributed by atoms with Gasteiger partial charge >= 0.3 is 0 Å². The van der Waals surface area contributed by atoms with Gasteiger partial charge in [-0.15, -0.1) is 22.7 Å². The number of likely N-dealkylation sites (tertiary alicyclic amines) is 1. The molecule has 0 aliphatic carbocycles. The fourth-order valence-electron chi connectivity index (χ4n) is 3.86. The molecule has 154 valence electrons. The lowest BCUT2D eigenvalue weighted by atomic mass is 9.98. The standard InChI is InChI=1S/C23H22FN3OS2/c24-17-7-9-19(10-8-17)28-14-22-25-18(15-29-22)13-27-11-3-4-16(12-27)23-26-20-5-1-2-6-21(20)30-23/h1-2,5-10,15-16H,3-4,11-14H2/t16-/m0/s1. The van der Waals surface area contributed by atoms with Gasteiger partial charge in [0.05, 0.1) is 20.9 Å². The first kappa shape index (κ1) is 19.6. The lowest BCUT2D eigenvalue weighted by molar-refractivity contribution is 0.198. The second kappa shape index (κ2) is 8.79. The molecule has 0 bridgehead atoms. The van der Waals surface area contributed by atoms with Crippen molar-refractivity contribution in [3.63, 3.8) is 0 Å². The van der Waals surface area contributed by atoms with Crippen LogP contribution in [0.4, 0.5) is 4.39 Å². The van der Waals surface area contributed by atoms with Gasteiger partial charge in [0.2, 0.25) is 0 Å².